The Hall–Kier alpha value is -1.69. The number of esters is 1. The third-order valence-corrected chi connectivity index (χ3v) is 3.73. The molecule has 1 saturated heterocycles. The summed E-state index contributed by atoms with van der Waals surface area (Å²) in [7, 11) is 1.37. The molecule has 0 amide bonds. The summed E-state index contributed by atoms with van der Waals surface area (Å²) in [5.41, 5.74) is 6.81. The molecular formula is C14H17FN2O2S. The lowest BCUT2D eigenvalue weighted by Crippen LogP contribution is -2.46. The first kappa shape index (κ1) is 14.7. The van der Waals surface area contributed by atoms with E-state index in [2.05, 4.69) is 0 Å². The number of carbonyl (C=O) groups is 1. The molecule has 1 aliphatic heterocycles. The van der Waals surface area contributed by atoms with Gasteiger partial charge in [0.2, 0.25) is 0 Å². The second-order valence-electron chi connectivity index (χ2n) is 4.75. The van der Waals surface area contributed by atoms with Crippen LogP contribution in [-0.2, 0) is 9.53 Å². The van der Waals surface area contributed by atoms with Gasteiger partial charge in [-0.3, -0.25) is 0 Å². The Bertz CT molecular complexity index is 536. The van der Waals surface area contributed by atoms with Gasteiger partial charge >= 0.3 is 5.97 Å². The molecule has 1 aromatic rings. The second kappa shape index (κ2) is 6.17. The van der Waals surface area contributed by atoms with E-state index >= 15 is 0 Å². The van der Waals surface area contributed by atoms with Crippen molar-refractivity contribution in [1.82, 2.24) is 0 Å². The molecule has 20 heavy (non-hydrogen) atoms. The van der Waals surface area contributed by atoms with Gasteiger partial charge in [-0.05, 0) is 37.5 Å². The molecule has 1 unspecified atom stereocenters. The molecule has 1 fully saturated rings. The maximum absolute atomic E-state index is 13.4. The topological polar surface area (TPSA) is 55.6 Å². The number of piperidine rings is 1. The van der Waals surface area contributed by atoms with E-state index in [1.54, 1.807) is 6.07 Å². The summed E-state index contributed by atoms with van der Waals surface area (Å²) in [6, 6.07) is 3.90. The highest BCUT2D eigenvalue weighted by molar-refractivity contribution is 7.80. The van der Waals surface area contributed by atoms with E-state index in [-0.39, 0.29) is 17.0 Å². The lowest BCUT2D eigenvalue weighted by Gasteiger charge is -2.36. The molecule has 0 saturated carbocycles. The van der Waals surface area contributed by atoms with Gasteiger partial charge in [-0.1, -0.05) is 12.2 Å². The summed E-state index contributed by atoms with van der Waals surface area (Å²) in [4.78, 5) is 13.9. The molecule has 0 spiro atoms. The van der Waals surface area contributed by atoms with Crippen LogP contribution in [-0.4, -0.2) is 30.7 Å². The molecule has 2 N–H and O–H groups in total. The molecule has 2 rings (SSSR count). The number of nitrogens with two attached hydrogens (primary N) is 1. The van der Waals surface area contributed by atoms with Crippen molar-refractivity contribution in [1.29, 1.82) is 0 Å². The number of halogens is 1. The smallest absolute Gasteiger partial charge is 0.328 e. The van der Waals surface area contributed by atoms with Crippen molar-refractivity contribution in [3.8, 4) is 0 Å². The van der Waals surface area contributed by atoms with Crippen molar-refractivity contribution in [2.75, 3.05) is 18.6 Å². The third kappa shape index (κ3) is 2.90. The van der Waals surface area contributed by atoms with Crippen LogP contribution >= 0.6 is 12.2 Å². The van der Waals surface area contributed by atoms with E-state index in [0.29, 0.717) is 24.2 Å². The zero-order chi connectivity index (χ0) is 14.7. The van der Waals surface area contributed by atoms with Crippen molar-refractivity contribution < 1.29 is 13.9 Å². The number of nitrogens with zero attached hydrogens (tertiary/aromatic N) is 1. The number of carbonyl (C=O) groups excluding carboxylic acids is 1. The zero-order valence-electron chi connectivity index (χ0n) is 11.3. The average molecular weight is 296 g/mol. The Morgan fingerprint density at radius 1 is 1.50 bits per heavy atom. The van der Waals surface area contributed by atoms with E-state index < -0.39 is 5.82 Å². The molecule has 6 heteroatoms. The molecule has 1 aliphatic rings. The Kier molecular flexibility index (Phi) is 4.54. The molecule has 4 nitrogen and oxygen atoms in total. The van der Waals surface area contributed by atoms with Crippen molar-refractivity contribution in [2.24, 2.45) is 5.73 Å². The van der Waals surface area contributed by atoms with E-state index in [1.807, 2.05) is 4.90 Å². The van der Waals surface area contributed by atoms with Crippen LogP contribution in [0.2, 0.25) is 0 Å². The van der Waals surface area contributed by atoms with Gasteiger partial charge in [0, 0.05) is 17.8 Å². The van der Waals surface area contributed by atoms with E-state index in [1.165, 1.54) is 19.2 Å². The molecule has 1 heterocycles. The molecular weight excluding hydrogens is 279 g/mol. The van der Waals surface area contributed by atoms with Gasteiger partial charge in [0.25, 0.3) is 0 Å². The van der Waals surface area contributed by atoms with Crippen LogP contribution < -0.4 is 10.6 Å². The Morgan fingerprint density at radius 3 is 2.90 bits per heavy atom. The van der Waals surface area contributed by atoms with Gasteiger partial charge < -0.3 is 15.4 Å². The Morgan fingerprint density at radius 2 is 2.25 bits per heavy atom. The summed E-state index contributed by atoms with van der Waals surface area (Å²) < 4.78 is 18.2. The van der Waals surface area contributed by atoms with Crippen molar-refractivity contribution in [3.63, 3.8) is 0 Å². The molecule has 1 atom stereocenters. The highest BCUT2D eigenvalue weighted by Gasteiger charge is 2.31. The van der Waals surface area contributed by atoms with E-state index in [9.17, 15) is 9.18 Å². The van der Waals surface area contributed by atoms with Crippen LogP contribution in [0, 0.1) is 5.82 Å². The van der Waals surface area contributed by atoms with Crippen LogP contribution in [0.15, 0.2) is 18.2 Å². The number of thiocarbonyl (C=S) groups is 1. The molecule has 1 aromatic carbocycles. The van der Waals surface area contributed by atoms with Gasteiger partial charge in [-0.25, -0.2) is 9.18 Å². The summed E-state index contributed by atoms with van der Waals surface area (Å²) >= 11 is 4.98. The summed E-state index contributed by atoms with van der Waals surface area (Å²) in [5, 5.41) is 0. The normalized spacial score (nSPS) is 18.7. The summed E-state index contributed by atoms with van der Waals surface area (Å²) in [5.74, 6) is -0.689. The fourth-order valence-electron chi connectivity index (χ4n) is 2.56. The van der Waals surface area contributed by atoms with Crippen LogP contribution in [0.5, 0.6) is 0 Å². The maximum Gasteiger partial charge on any atom is 0.328 e. The van der Waals surface area contributed by atoms with Gasteiger partial charge in [-0.15, -0.1) is 0 Å². The standard InChI is InChI=1S/C14H17FN2O2S/c1-19-14(18)12-4-2-3-7-17(12)11-6-5-9(15)8-10(11)13(16)20/h5-6,8,12H,2-4,7H2,1H3,(H2,16,20). The third-order valence-electron chi connectivity index (χ3n) is 3.51. The van der Waals surface area contributed by atoms with Crippen LogP contribution in [0.4, 0.5) is 10.1 Å². The quantitative estimate of drug-likeness (QED) is 0.683. The lowest BCUT2D eigenvalue weighted by molar-refractivity contribution is -0.142. The second-order valence-corrected chi connectivity index (χ2v) is 5.19. The van der Waals surface area contributed by atoms with Crippen LogP contribution in [0.25, 0.3) is 0 Å². The monoisotopic (exact) mass is 296 g/mol. The Labute approximate surface area is 122 Å². The maximum atomic E-state index is 13.4. The van der Waals surface area contributed by atoms with Crippen molar-refractivity contribution in [3.05, 3.63) is 29.6 Å². The molecule has 0 aliphatic carbocycles. The number of hydrogen-bond donors (Lipinski definition) is 1. The van der Waals surface area contributed by atoms with Crippen LogP contribution in [0.1, 0.15) is 24.8 Å². The number of rotatable bonds is 3. The molecule has 0 bridgehead atoms. The fraction of sp³-hybridized carbons (Fsp3) is 0.429. The lowest BCUT2D eigenvalue weighted by atomic mass is 9.99. The predicted octanol–water partition coefficient (Wildman–Crippen LogP) is 1.99. The molecule has 0 radical (unpaired) electrons. The number of hydrogen-bond acceptors (Lipinski definition) is 4. The minimum atomic E-state index is -0.400. The zero-order valence-corrected chi connectivity index (χ0v) is 12.1. The number of ether oxygens (including phenoxy) is 1. The SMILES string of the molecule is COC(=O)C1CCCCN1c1ccc(F)cc1C(N)=S. The number of benzene rings is 1. The first-order valence-electron chi connectivity index (χ1n) is 6.48. The highest BCUT2D eigenvalue weighted by atomic mass is 32.1. The van der Waals surface area contributed by atoms with E-state index in [0.717, 1.165) is 12.8 Å². The highest BCUT2D eigenvalue weighted by Crippen LogP contribution is 2.29. The Balaban J connectivity index is 2.42. The van der Waals surface area contributed by atoms with Crippen LogP contribution in [0.3, 0.4) is 0 Å². The van der Waals surface area contributed by atoms with Gasteiger partial charge in [-0.2, -0.15) is 0 Å². The van der Waals surface area contributed by atoms with Gasteiger partial charge in [0.05, 0.1) is 7.11 Å². The summed E-state index contributed by atoms with van der Waals surface area (Å²) in [6.45, 7) is 0.695. The van der Waals surface area contributed by atoms with E-state index in [4.69, 9.17) is 22.7 Å². The van der Waals surface area contributed by atoms with Crippen molar-refractivity contribution in [2.45, 2.75) is 25.3 Å². The fourth-order valence-corrected chi connectivity index (χ4v) is 2.72. The minimum absolute atomic E-state index is 0.119. The number of methoxy groups -OCH3 is 1. The largest absolute Gasteiger partial charge is 0.467 e. The molecule has 0 aromatic heterocycles. The number of anilines is 1. The van der Waals surface area contributed by atoms with Gasteiger partial charge in [0.1, 0.15) is 16.8 Å². The molecule has 108 valence electrons. The first-order chi connectivity index (χ1) is 9.54. The van der Waals surface area contributed by atoms with Crippen molar-refractivity contribution >= 4 is 28.9 Å². The summed E-state index contributed by atoms with van der Waals surface area (Å²) in [6.07, 6.45) is 2.63. The minimum Gasteiger partial charge on any atom is -0.467 e. The first-order valence-corrected chi connectivity index (χ1v) is 6.89. The predicted molar refractivity (Wildman–Crippen MR) is 79.3 cm³/mol. The van der Waals surface area contributed by atoms with Gasteiger partial charge in [0.15, 0.2) is 0 Å². The average Bonchev–Trinajstić information content (AvgIpc) is 2.46.